The van der Waals surface area contributed by atoms with Crippen molar-refractivity contribution in [1.82, 2.24) is 15.0 Å². The molecule has 2 heterocycles. The first-order chi connectivity index (χ1) is 8.69. The number of nitrogens with one attached hydrogen (secondary N) is 1. The largest absolute Gasteiger partial charge is 0.351 e. The van der Waals surface area contributed by atoms with E-state index < -0.39 is 0 Å². The minimum Gasteiger partial charge on any atom is -0.351 e. The number of hydrogen-bond acceptors (Lipinski definition) is 5. The molecule has 1 unspecified atom stereocenters. The van der Waals surface area contributed by atoms with E-state index in [1.165, 1.54) is 12.8 Å². The van der Waals surface area contributed by atoms with E-state index in [1.54, 1.807) is 0 Å². The molecule has 0 bridgehead atoms. The van der Waals surface area contributed by atoms with Crippen molar-refractivity contribution in [3.8, 4) is 12.3 Å². The number of terminal acetylenes is 1. The molecule has 6 heteroatoms. The quantitative estimate of drug-likeness (QED) is 0.844. The summed E-state index contributed by atoms with van der Waals surface area (Å²) in [6.07, 6.45) is 8.21. The molecule has 0 saturated carbocycles. The molecule has 1 atom stereocenters. The lowest BCUT2D eigenvalue weighted by Crippen LogP contribution is -2.23. The summed E-state index contributed by atoms with van der Waals surface area (Å²) in [6.45, 7) is 3.92. The van der Waals surface area contributed by atoms with Gasteiger partial charge in [-0.3, -0.25) is 0 Å². The van der Waals surface area contributed by atoms with Crippen LogP contribution < -0.4 is 10.2 Å². The van der Waals surface area contributed by atoms with Gasteiger partial charge in [0.2, 0.25) is 17.2 Å². The van der Waals surface area contributed by atoms with Crippen LogP contribution in [0.5, 0.6) is 0 Å². The van der Waals surface area contributed by atoms with E-state index in [0.717, 1.165) is 13.1 Å². The van der Waals surface area contributed by atoms with Gasteiger partial charge in [0.1, 0.15) is 0 Å². The smallest absolute Gasteiger partial charge is 0.231 e. The monoisotopic (exact) mass is 265 g/mol. The Kier molecular flexibility index (Phi) is 4.21. The molecule has 18 heavy (non-hydrogen) atoms. The molecule has 0 amide bonds. The zero-order valence-corrected chi connectivity index (χ0v) is 11.1. The fraction of sp³-hybridized carbons (Fsp3) is 0.583. The van der Waals surface area contributed by atoms with Gasteiger partial charge in [-0.25, -0.2) is 0 Å². The van der Waals surface area contributed by atoms with E-state index in [1.807, 2.05) is 6.92 Å². The first kappa shape index (κ1) is 12.9. The van der Waals surface area contributed by atoms with Crippen LogP contribution in [0.1, 0.15) is 26.2 Å². The highest BCUT2D eigenvalue weighted by Crippen LogP contribution is 2.18. The molecule has 1 aliphatic rings. The van der Waals surface area contributed by atoms with Gasteiger partial charge in [0.15, 0.2) is 0 Å². The van der Waals surface area contributed by atoms with Gasteiger partial charge in [-0.2, -0.15) is 15.0 Å². The van der Waals surface area contributed by atoms with Crippen LogP contribution in [0.15, 0.2) is 0 Å². The maximum atomic E-state index is 5.92. The number of rotatable bonds is 4. The number of aromatic nitrogens is 3. The second kappa shape index (κ2) is 5.87. The molecule has 0 aromatic carbocycles. The maximum Gasteiger partial charge on any atom is 0.231 e. The van der Waals surface area contributed by atoms with Gasteiger partial charge < -0.3 is 10.2 Å². The van der Waals surface area contributed by atoms with E-state index >= 15 is 0 Å². The summed E-state index contributed by atoms with van der Waals surface area (Å²) in [5.41, 5.74) is 0. The first-order valence-corrected chi connectivity index (χ1v) is 6.43. The zero-order chi connectivity index (χ0) is 13.0. The van der Waals surface area contributed by atoms with Crippen LogP contribution in [0, 0.1) is 12.3 Å². The Labute approximate surface area is 112 Å². The molecule has 0 spiro atoms. The topological polar surface area (TPSA) is 53.9 Å². The lowest BCUT2D eigenvalue weighted by molar-refractivity contribution is 0.800. The van der Waals surface area contributed by atoms with Crippen molar-refractivity contribution >= 4 is 23.5 Å². The van der Waals surface area contributed by atoms with Crippen LogP contribution in [0.3, 0.4) is 0 Å². The number of hydrogen-bond donors (Lipinski definition) is 1. The Balaban J connectivity index is 2.13. The van der Waals surface area contributed by atoms with Crippen LogP contribution in [0.2, 0.25) is 5.28 Å². The van der Waals surface area contributed by atoms with E-state index in [0.29, 0.717) is 18.3 Å². The minimum atomic E-state index is 0.111. The average Bonchev–Trinajstić information content (AvgIpc) is 2.81. The summed E-state index contributed by atoms with van der Waals surface area (Å²) >= 11 is 5.92. The van der Waals surface area contributed by atoms with Crippen molar-refractivity contribution in [3.05, 3.63) is 5.28 Å². The van der Waals surface area contributed by atoms with Crippen molar-refractivity contribution in [1.29, 1.82) is 0 Å². The van der Waals surface area contributed by atoms with E-state index in [-0.39, 0.29) is 11.3 Å². The molecule has 1 saturated heterocycles. The van der Waals surface area contributed by atoms with Crippen molar-refractivity contribution in [3.63, 3.8) is 0 Å². The van der Waals surface area contributed by atoms with Crippen molar-refractivity contribution in [2.75, 3.05) is 23.3 Å². The van der Waals surface area contributed by atoms with E-state index in [9.17, 15) is 0 Å². The third-order valence-corrected chi connectivity index (χ3v) is 2.95. The molecule has 0 aliphatic carbocycles. The second-order valence-corrected chi connectivity index (χ2v) is 4.71. The highest BCUT2D eigenvalue weighted by molar-refractivity contribution is 6.28. The molecular formula is C12H16ClN5. The summed E-state index contributed by atoms with van der Waals surface area (Å²) in [5.74, 6) is 3.72. The molecule has 1 N–H and O–H groups in total. The molecule has 1 aromatic rings. The Morgan fingerprint density at radius 2 is 2.11 bits per heavy atom. The summed E-state index contributed by atoms with van der Waals surface area (Å²) in [7, 11) is 0. The predicted octanol–water partition coefficient (Wildman–Crippen LogP) is 1.95. The maximum absolute atomic E-state index is 5.92. The van der Waals surface area contributed by atoms with Gasteiger partial charge in [-0.15, -0.1) is 12.3 Å². The Bertz CT molecular complexity index is 450. The van der Waals surface area contributed by atoms with Gasteiger partial charge in [0, 0.05) is 25.6 Å². The molecule has 2 rings (SSSR count). The predicted molar refractivity (Wildman–Crippen MR) is 72.8 cm³/mol. The van der Waals surface area contributed by atoms with Crippen molar-refractivity contribution in [2.24, 2.45) is 0 Å². The zero-order valence-electron chi connectivity index (χ0n) is 10.4. The first-order valence-electron chi connectivity index (χ1n) is 6.05. The molecule has 5 nitrogen and oxygen atoms in total. The highest BCUT2D eigenvalue weighted by atomic mass is 35.5. The number of anilines is 2. The summed E-state index contributed by atoms with van der Waals surface area (Å²) in [5, 5.41) is 3.34. The van der Waals surface area contributed by atoms with Gasteiger partial charge in [0.25, 0.3) is 0 Å². The summed E-state index contributed by atoms with van der Waals surface area (Å²) in [4.78, 5) is 14.7. The highest BCUT2D eigenvalue weighted by Gasteiger charge is 2.17. The van der Waals surface area contributed by atoms with Crippen LogP contribution in [-0.4, -0.2) is 34.1 Å². The fourth-order valence-corrected chi connectivity index (χ4v) is 2.07. The Morgan fingerprint density at radius 1 is 1.39 bits per heavy atom. The van der Waals surface area contributed by atoms with Gasteiger partial charge >= 0.3 is 0 Å². The fourth-order valence-electron chi connectivity index (χ4n) is 1.91. The molecule has 0 radical (unpaired) electrons. The lowest BCUT2D eigenvalue weighted by Gasteiger charge is -2.17. The molecule has 1 fully saturated rings. The van der Waals surface area contributed by atoms with E-state index in [2.05, 4.69) is 31.1 Å². The van der Waals surface area contributed by atoms with Gasteiger partial charge in [-0.05, 0) is 31.4 Å². The normalized spacial score (nSPS) is 16.4. The Morgan fingerprint density at radius 3 is 2.78 bits per heavy atom. The lowest BCUT2D eigenvalue weighted by atomic mass is 10.2. The van der Waals surface area contributed by atoms with E-state index in [4.69, 9.17) is 18.0 Å². The number of halogens is 1. The second-order valence-electron chi connectivity index (χ2n) is 4.38. The van der Waals surface area contributed by atoms with Crippen LogP contribution in [0.25, 0.3) is 0 Å². The van der Waals surface area contributed by atoms with Crippen LogP contribution in [0.4, 0.5) is 11.9 Å². The summed E-state index contributed by atoms with van der Waals surface area (Å²) < 4.78 is 0. The Hall–Kier alpha value is -1.54. The third-order valence-electron chi connectivity index (χ3n) is 2.78. The SMILES string of the molecule is C#CCC(C)Nc1nc(Cl)nc(N2CCCC2)n1. The van der Waals surface area contributed by atoms with Crippen LogP contribution >= 0.6 is 11.6 Å². The van der Waals surface area contributed by atoms with Gasteiger partial charge in [0.05, 0.1) is 0 Å². The summed E-state index contributed by atoms with van der Waals surface area (Å²) in [6, 6.07) is 0.111. The number of nitrogens with zero attached hydrogens (tertiary/aromatic N) is 4. The minimum absolute atomic E-state index is 0.111. The van der Waals surface area contributed by atoms with Crippen LogP contribution in [-0.2, 0) is 0 Å². The molecule has 1 aromatic heterocycles. The standard InChI is InChI=1S/C12H16ClN5/c1-3-6-9(2)14-11-15-10(13)16-12(17-11)18-7-4-5-8-18/h1,9H,4-8H2,2H3,(H,14,15,16,17). The van der Waals surface area contributed by atoms with Crippen molar-refractivity contribution in [2.45, 2.75) is 32.2 Å². The molecule has 96 valence electrons. The molecular weight excluding hydrogens is 250 g/mol. The van der Waals surface area contributed by atoms with Gasteiger partial charge in [-0.1, -0.05) is 0 Å². The van der Waals surface area contributed by atoms with Crippen molar-refractivity contribution < 1.29 is 0 Å². The third kappa shape index (κ3) is 3.23. The molecule has 1 aliphatic heterocycles. The average molecular weight is 266 g/mol.